The van der Waals surface area contributed by atoms with Crippen LogP contribution in [-0.4, -0.2) is 39.1 Å². The van der Waals surface area contributed by atoms with Crippen molar-refractivity contribution in [3.63, 3.8) is 0 Å². The van der Waals surface area contributed by atoms with Gasteiger partial charge in [0, 0.05) is 43.4 Å². The van der Waals surface area contributed by atoms with Gasteiger partial charge in [-0.2, -0.15) is 0 Å². The van der Waals surface area contributed by atoms with Crippen LogP contribution < -0.4 is 10.2 Å². The Morgan fingerprint density at radius 1 is 0.962 bits per heavy atom. The lowest BCUT2D eigenvalue weighted by molar-refractivity contribution is 0.525. The van der Waals surface area contributed by atoms with Crippen molar-refractivity contribution in [2.75, 3.05) is 23.3 Å². The number of nitrogens with zero attached hydrogens (tertiary/aromatic N) is 5. The minimum atomic E-state index is -0.371. The molecule has 0 unspecified atom stereocenters. The van der Waals surface area contributed by atoms with Gasteiger partial charge in [-0.15, -0.1) is 0 Å². The molecule has 0 bridgehead atoms. The molecule has 26 heavy (non-hydrogen) atoms. The lowest BCUT2D eigenvalue weighted by Gasteiger charge is -2.34. The Morgan fingerprint density at radius 3 is 2.50 bits per heavy atom. The van der Waals surface area contributed by atoms with Crippen LogP contribution in [0.15, 0.2) is 55.1 Å². The summed E-state index contributed by atoms with van der Waals surface area (Å²) in [6, 6.07) is 9.24. The minimum Gasteiger partial charge on any atom is -0.371 e. The molecule has 4 heterocycles. The number of pyridine rings is 2. The van der Waals surface area contributed by atoms with Gasteiger partial charge in [-0.25, -0.2) is 19.3 Å². The molecule has 6 nitrogen and oxygen atoms in total. The van der Waals surface area contributed by atoms with E-state index in [1.807, 2.05) is 30.6 Å². The summed E-state index contributed by atoms with van der Waals surface area (Å²) in [4.78, 5) is 19.2. The molecule has 0 saturated carbocycles. The zero-order valence-corrected chi connectivity index (χ0v) is 14.2. The summed E-state index contributed by atoms with van der Waals surface area (Å²) in [5.74, 6) is 0.886. The highest BCUT2D eigenvalue weighted by atomic mass is 19.1. The lowest BCUT2D eigenvalue weighted by atomic mass is 10.0. The molecule has 3 aromatic rings. The highest BCUT2D eigenvalue weighted by Crippen LogP contribution is 2.21. The topological polar surface area (TPSA) is 66.8 Å². The number of hydrogen-bond donors (Lipinski definition) is 1. The van der Waals surface area contributed by atoms with Gasteiger partial charge < -0.3 is 10.2 Å². The molecule has 1 aliphatic heterocycles. The van der Waals surface area contributed by atoms with Crippen molar-refractivity contribution in [3.05, 3.63) is 60.9 Å². The number of halogens is 1. The smallest absolute Gasteiger partial charge is 0.180 e. The fraction of sp³-hybridized carbons (Fsp3) is 0.263. The second kappa shape index (κ2) is 7.43. The van der Waals surface area contributed by atoms with Gasteiger partial charge in [0.1, 0.15) is 17.3 Å². The highest BCUT2D eigenvalue weighted by molar-refractivity contribution is 5.52. The molecular formula is C19H19FN6. The van der Waals surface area contributed by atoms with Crippen molar-refractivity contribution in [2.24, 2.45) is 0 Å². The molecule has 0 aliphatic carbocycles. The Balaban J connectivity index is 1.39. The number of rotatable bonds is 4. The zero-order valence-electron chi connectivity index (χ0n) is 14.2. The Kier molecular flexibility index (Phi) is 4.68. The number of aromatic nitrogens is 4. The molecule has 0 radical (unpaired) electrons. The molecule has 3 aromatic heterocycles. The molecule has 0 amide bonds. The van der Waals surface area contributed by atoms with E-state index >= 15 is 0 Å². The summed E-state index contributed by atoms with van der Waals surface area (Å²) < 4.78 is 13.0. The van der Waals surface area contributed by atoms with Crippen LogP contribution >= 0.6 is 0 Å². The molecular weight excluding hydrogens is 331 g/mol. The molecule has 1 saturated heterocycles. The second-order valence-corrected chi connectivity index (χ2v) is 6.24. The van der Waals surface area contributed by atoms with E-state index in [4.69, 9.17) is 0 Å². The first-order valence-corrected chi connectivity index (χ1v) is 8.64. The monoisotopic (exact) mass is 350 g/mol. The molecule has 0 aromatic carbocycles. The van der Waals surface area contributed by atoms with E-state index in [2.05, 4.69) is 30.2 Å². The first-order valence-electron chi connectivity index (χ1n) is 8.64. The van der Waals surface area contributed by atoms with E-state index in [1.165, 1.54) is 18.0 Å². The van der Waals surface area contributed by atoms with Crippen molar-refractivity contribution >= 4 is 11.5 Å². The largest absolute Gasteiger partial charge is 0.371 e. The predicted octanol–water partition coefficient (Wildman–Crippen LogP) is 3.15. The van der Waals surface area contributed by atoms with Gasteiger partial charge in [0.2, 0.25) is 0 Å². The van der Waals surface area contributed by atoms with E-state index in [9.17, 15) is 4.39 Å². The van der Waals surface area contributed by atoms with Crippen molar-refractivity contribution in [2.45, 2.75) is 18.9 Å². The number of piperidine rings is 1. The molecule has 132 valence electrons. The van der Waals surface area contributed by atoms with Crippen LogP contribution in [0.3, 0.4) is 0 Å². The standard InChI is InChI=1S/C19H19FN6/c20-14-1-2-17(23-13-14)19-22-10-5-18(25-19)24-15-6-11-26(12-7-15)16-3-8-21-9-4-16/h1-5,8-10,13,15H,6-7,11-12H2,(H,22,24,25). The van der Waals surface area contributed by atoms with E-state index in [-0.39, 0.29) is 5.82 Å². The van der Waals surface area contributed by atoms with E-state index in [1.54, 1.807) is 12.3 Å². The van der Waals surface area contributed by atoms with Crippen LogP contribution in [-0.2, 0) is 0 Å². The maximum Gasteiger partial charge on any atom is 0.180 e. The van der Waals surface area contributed by atoms with Crippen molar-refractivity contribution < 1.29 is 4.39 Å². The van der Waals surface area contributed by atoms with Gasteiger partial charge in [0.15, 0.2) is 5.82 Å². The fourth-order valence-electron chi connectivity index (χ4n) is 3.12. The Morgan fingerprint density at radius 2 is 1.77 bits per heavy atom. The van der Waals surface area contributed by atoms with Gasteiger partial charge >= 0.3 is 0 Å². The van der Waals surface area contributed by atoms with Gasteiger partial charge in [0.05, 0.1) is 6.20 Å². The summed E-state index contributed by atoms with van der Waals surface area (Å²) in [5, 5.41) is 3.48. The van der Waals surface area contributed by atoms with Crippen LogP contribution in [0.1, 0.15) is 12.8 Å². The zero-order chi connectivity index (χ0) is 17.8. The maximum absolute atomic E-state index is 13.0. The van der Waals surface area contributed by atoms with Crippen LogP contribution in [0.25, 0.3) is 11.5 Å². The molecule has 1 aliphatic rings. The predicted molar refractivity (Wildman–Crippen MR) is 98.3 cm³/mol. The Hall–Kier alpha value is -3.09. The summed E-state index contributed by atoms with van der Waals surface area (Å²) in [7, 11) is 0. The van der Waals surface area contributed by atoms with E-state index < -0.39 is 0 Å². The first kappa shape index (κ1) is 16.4. The molecule has 1 N–H and O–H groups in total. The summed E-state index contributed by atoms with van der Waals surface area (Å²) in [6.07, 6.45) is 8.57. The third-order valence-electron chi connectivity index (χ3n) is 4.49. The van der Waals surface area contributed by atoms with Crippen molar-refractivity contribution in [3.8, 4) is 11.5 Å². The van der Waals surface area contributed by atoms with Crippen LogP contribution in [0.4, 0.5) is 15.9 Å². The van der Waals surface area contributed by atoms with E-state index in [0.29, 0.717) is 17.6 Å². The molecule has 0 atom stereocenters. The normalized spacial score (nSPS) is 15.0. The Labute approximate surface area is 151 Å². The van der Waals surface area contributed by atoms with Gasteiger partial charge in [-0.3, -0.25) is 4.98 Å². The third kappa shape index (κ3) is 3.77. The summed E-state index contributed by atoms with van der Waals surface area (Å²) in [6.45, 7) is 1.97. The van der Waals surface area contributed by atoms with Crippen LogP contribution in [0.5, 0.6) is 0 Å². The SMILES string of the molecule is Fc1ccc(-c2nccc(NC3CCN(c4ccncc4)CC3)n2)nc1. The van der Waals surface area contributed by atoms with Gasteiger partial charge in [-0.05, 0) is 43.2 Å². The third-order valence-corrected chi connectivity index (χ3v) is 4.49. The average molecular weight is 350 g/mol. The number of anilines is 2. The second-order valence-electron chi connectivity index (χ2n) is 6.24. The van der Waals surface area contributed by atoms with Gasteiger partial charge in [0.25, 0.3) is 0 Å². The highest BCUT2D eigenvalue weighted by Gasteiger charge is 2.19. The molecule has 1 fully saturated rings. The summed E-state index contributed by atoms with van der Waals surface area (Å²) in [5.41, 5.74) is 1.77. The van der Waals surface area contributed by atoms with E-state index in [0.717, 1.165) is 31.7 Å². The fourth-order valence-corrected chi connectivity index (χ4v) is 3.12. The summed E-state index contributed by atoms with van der Waals surface area (Å²) >= 11 is 0. The lowest BCUT2D eigenvalue weighted by Crippen LogP contribution is -2.39. The number of nitrogens with one attached hydrogen (secondary N) is 1. The molecule has 0 spiro atoms. The molecule has 4 rings (SSSR count). The van der Waals surface area contributed by atoms with Crippen molar-refractivity contribution in [1.29, 1.82) is 0 Å². The number of hydrogen-bond acceptors (Lipinski definition) is 6. The van der Waals surface area contributed by atoms with Crippen LogP contribution in [0, 0.1) is 5.82 Å². The molecule has 7 heteroatoms. The Bertz CT molecular complexity index is 847. The maximum atomic E-state index is 13.0. The average Bonchev–Trinajstić information content (AvgIpc) is 2.70. The minimum absolute atomic E-state index is 0.358. The first-order chi connectivity index (χ1) is 12.8. The van der Waals surface area contributed by atoms with Crippen molar-refractivity contribution in [1.82, 2.24) is 19.9 Å². The van der Waals surface area contributed by atoms with Gasteiger partial charge in [-0.1, -0.05) is 0 Å². The van der Waals surface area contributed by atoms with Crippen LogP contribution in [0.2, 0.25) is 0 Å². The quantitative estimate of drug-likeness (QED) is 0.780.